The van der Waals surface area contributed by atoms with E-state index in [1.165, 1.54) is 12.1 Å². The average molecular weight is 664 g/mol. The maximum Gasteiger partial charge on any atom is 0.326 e. The highest BCUT2D eigenvalue weighted by atomic mass is 32.2. The molecule has 3 fully saturated rings. The van der Waals surface area contributed by atoms with Crippen LogP contribution in [0.25, 0.3) is 0 Å². The van der Waals surface area contributed by atoms with Crippen molar-refractivity contribution < 1.29 is 34.1 Å². The van der Waals surface area contributed by atoms with Crippen molar-refractivity contribution in [1.82, 2.24) is 9.88 Å². The molecule has 3 amide bonds. The Hall–Kier alpha value is -4.10. The number of thioether (sulfide) groups is 1. The van der Waals surface area contributed by atoms with Gasteiger partial charge in [-0.15, -0.1) is 11.8 Å². The Kier molecular flexibility index (Phi) is 7.71. The van der Waals surface area contributed by atoms with E-state index < -0.39 is 35.7 Å². The third kappa shape index (κ3) is 5.00. The van der Waals surface area contributed by atoms with Gasteiger partial charge in [-0.05, 0) is 66.8 Å². The fourth-order valence-corrected chi connectivity index (χ4v) is 11.1. The molecule has 2 aliphatic carbocycles. The van der Waals surface area contributed by atoms with Gasteiger partial charge in [0.25, 0.3) is 5.91 Å². The zero-order valence-electron chi connectivity index (χ0n) is 25.0. The number of thiazole rings is 1. The van der Waals surface area contributed by atoms with E-state index in [0.717, 1.165) is 31.7 Å². The van der Waals surface area contributed by atoms with Crippen molar-refractivity contribution in [1.29, 1.82) is 0 Å². The molecule has 240 valence electrons. The highest BCUT2D eigenvalue weighted by Gasteiger charge is 2.70. The van der Waals surface area contributed by atoms with E-state index >= 15 is 0 Å². The molecule has 0 spiro atoms. The lowest BCUT2D eigenvalue weighted by Crippen LogP contribution is -2.47. The molecule has 13 heteroatoms. The Bertz CT molecular complexity index is 1790. The van der Waals surface area contributed by atoms with Crippen LogP contribution in [0.2, 0.25) is 0 Å². The predicted octanol–water partition coefficient (Wildman–Crippen LogP) is 4.13. The van der Waals surface area contributed by atoms with E-state index in [2.05, 4.69) is 10.3 Å². The van der Waals surface area contributed by atoms with Crippen LogP contribution in [0.5, 0.6) is 11.5 Å². The molecule has 7 rings (SSSR count). The van der Waals surface area contributed by atoms with Gasteiger partial charge in [-0.1, -0.05) is 43.4 Å². The van der Waals surface area contributed by atoms with Crippen molar-refractivity contribution in [2.45, 2.75) is 48.9 Å². The molecule has 2 aromatic carbocycles. The number of hydrogen-bond acceptors (Lipinski definition) is 9. The number of hydrogen-bond donors (Lipinski definition) is 4. The lowest BCUT2D eigenvalue weighted by molar-refractivity contribution is -0.156. The summed E-state index contributed by atoms with van der Waals surface area (Å²) in [6, 6.07) is 12.3. The molecule has 2 bridgehead atoms. The molecular weight excluding hydrogens is 631 g/mol. The van der Waals surface area contributed by atoms with Crippen LogP contribution in [0.3, 0.4) is 0 Å². The Morgan fingerprint density at radius 3 is 2.43 bits per heavy atom. The molecule has 4 N–H and O–H groups in total. The fraction of sp³-hybridized carbons (Fsp3) is 0.424. The third-order valence-corrected chi connectivity index (χ3v) is 12.4. The van der Waals surface area contributed by atoms with E-state index in [1.54, 1.807) is 36.0 Å². The summed E-state index contributed by atoms with van der Waals surface area (Å²) in [6.45, 7) is 3.46. The fourth-order valence-electron chi connectivity index (χ4n) is 8.21. The highest BCUT2D eigenvalue weighted by Crippen LogP contribution is 2.69. The number of nitrogens with zero attached hydrogens (tertiary/aromatic N) is 1. The quantitative estimate of drug-likeness (QED) is 0.195. The number of aromatic nitrogens is 1. The number of ether oxygens (including phenoxy) is 1. The number of amides is 3. The van der Waals surface area contributed by atoms with Crippen LogP contribution in [-0.2, 0) is 19.2 Å². The zero-order chi connectivity index (χ0) is 32.4. The van der Waals surface area contributed by atoms with Crippen molar-refractivity contribution >= 4 is 52.5 Å². The SMILES string of the molecule is CC(C)CC(C(=O)O)N1C(=O)C2C3CC(C2C1=O)C1C3Sc2[nH]c(=O)sc2[C@@H]1c1ccccc1OCC(=O)Nc1ccc(O)cc1. The number of carboxylic acids is 1. The number of fused-ring (bicyclic) bond motifs is 9. The molecule has 7 unspecified atom stereocenters. The van der Waals surface area contributed by atoms with Gasteiger partial charge in [-0.25, -0.2) is 4.79 Å². The number of rotatable bonds is 9. The molecule has 3 aromatic rings. The van der Waals surface area contributed by atoms with Gasteiger partial charge in [0.2, 0.25) is 11.8 Å². The summed E-state index contributed by atoms with van der Waals surface area (Å²) in [6.07, 6.45) is 0.855. The third-order valence-electron chi connectivity index (χ3n) is 9.81. The number of anilines is 1. The first-order valence-electron chi connectivity index (χ1n) is 15.3. The number of carboxylic acid groups (broad SMARTS) is 1. The second kappa shape index (κ2) is 11.6. The number of aromatic amines is 1. The minimum Gasteiger partial charge on any atom is -0.508 e. The lowest BCUT2D eigenvalue weighted by atomic mass is 9.68. The first-order chi connectivity index (χ1) is 22.0. The first kappa shape index (κ1) is 30.5. The zero-order valence-corrected chi connectivity index (χ0v) is 26.7. The van der Waals surface area contributed by atoms with Crippen molar-refractivity contribution in [3.05, 3.63) is 68.6 Å². The molecule has 0 radical (unpaired) electrons. The molecule has 46 heavy (non-hydrogen) atoms. The number of H-pyrrole nitrogens is 1. The number of aromatic hydroxyl groups is 1. The van der Waals surface area contributed by atoms with E-state index in [0.29, 0.717) is 17.9 Å². The molecule has 2 aliphatic heterocycles. The summed E-state index contributed by atoms with van der Waals surface area (Å²) in [5.41, 5.74) is 1.29. The molecule has 1 saturated heterocycles. The Labute approximate surface area is 272 Å². The number of nitrogens with one attached hydrogen (secondary N) is 2. The monoisotopic (exact) mass is 663 g/mol. The van der Waals surface area contributed by atoms with Crippen LogP contribution >= 0.6 is 23.1 Å². The average Bonchev–Trinajstić information content (AvgIpc) is 3.75. The smallest absolute Gasteiger partial charge is 0.326 e. The minimum atomic E-state index is -1.20. The number of para-hydroxylation sites is 1. The summed E-state index contributed by atoms with van der Waals surface area (Å²) in [7, 11) is 0. The van der Waals surface area contributed by atoms with Crippen LogP contribution < -0.4 is 14.9 Å². The number of carbonyl (C=O) groups is 4. The summed E-state index contributed by atoms with van der Waals surface area (Å²) < 4.78 is 6.09. The van der Waals surface area contributed by atoms with E-state index in [4.69, 9.17) is 4.74 Å². The Morgan fingerprint density at radius 1 is 1.04 bits per heavy atom. The van der Waals surface area contributed by atoms with Crippen molar-refractivity contribution in [3.63, 3.8) is 0 Å². The van der Waals surface area contributed by atoms with Crippen LogP contribution in [0.1, 0.15) is 43.0 Å². The van der Waals surface area contributed by atoms with Crippen LogP contribution in [0.15, 0.2) is 58.4 Å². The second-order valence-corrected chi connectivity index (χ2v) is 15.1. The second-order valence-electron chi connectivity index (χ2n) is 12.9. The van der Waals surface area contributed by atoms with Crippen molar-refractivity contribution in [2.24, 2.45) is 35.5 Å². The highest BCUT2D eigenvalue weighted by molar-refractivity contribution is 8.00. The molecule has 8 atom stereocenters. The Balaban J connectivity index is 1.21. The topological polar surface area (TPSA) is 166 Å². The Morgan fingerprint density at radius 2 is 1.74 bits per heavy atom. The number of carbonyl (C=O) groups excluding carboxylic acids is 3. The van der Waals surface area contributed by atoms with Crippen molar-refractivity contribution in [2.75, 3.05) is 11.9 Å². The normalized spacial score (nSPS) is 28.2. The largest absolute Gasteiger partial charge is 0.508 e. The van der Waals surface area contributed by atoms with Gasteiger partial charge in [0.05, 0.1) is 16.9 Å². The lowest BCUT2D eigenvalue weighted by Gasteiger charge is -2.43. The summed E-state index contributed by atoms with van der Waals surface area (Å²) in [5.74, 6) is -3.80. The molecule has 4 aliphatic rings. The van der Waals surface area contributed by atoms with E-state index in [-0.39, 0.29) is 64.4 Å². The number of aliphatic carboxylic acids is 1. The number of phenolic OH excluding ortho intramolecular Hbond substituents is 1. The standard InChI is InChI=1S/C33H33N3O8S2/c1-14(2)11-20(32(41)42)36-30(39)25-18-12-19(26(25)31(36)40)27-24(18)23(28-29(45-27)35-33(43)46-28)17-5-3-4-6-21(17)44-13-22(38)34-15-7-9-16(37)10-8-15/h3-10,14,18-20,23-27,37H,11-13H2,1-2H3,(H,34,38)(H,35,43)(H,41,42)/t18?,19?,20?,23-,24?,25?,26?,27?/m1/s1. The van der Waals surface area contributed by atoms with Gasteiger partial charge < -0.3 is 25.3 Å². The van der Waals surface area contributed by atoms with Gasteiger partial charge in [0, 0.05) is 27.3 Å². The minimum absolute atomic E-state index is 0.0196. The summed E-state index contributed by atoms with van der Waals surface area (Å²) >= 11 is 2.67. The van der Waals surface area contributed by atoms with Crippen LogP contribution in [0.4, 0.5) is 5.69 Å². The predicted molar refractivity (Wildman–Crippen MR) is 170 cm³/mol. The van der Waals surface area contributed by atoms with Gasteiger partial charge in [0.15, 0.2) is 6.61 Å². The molecule has 3 heterocycles. The molecular formula is C33H33N3O8S2. The van der Waals surface area contributed by atoms with Crippen molar-refractivity contribution in [3.8, 4) is 11.5 Å². The van der Waals surface area contributed by atoms with Gasteiger partial charge in [-0.3, -0.25) is 24.1 Å². The van der Waals surface area contributed by atoms with E-state index in [1.807, 2.05) is 26.0 Å². The maximum absolute atomic E-state index is 14.0. The maximum atomic E-state index is 14.0. The molecule has 1 aromatic heterocycles. The van der Waals surface area contributed by atoms with E-state index in [9.17, 15) is 34.2 Å². The number of imide groups is 1. The van der Waals surface area contributed by atoms with Gasteiger partial charge in [0.1, 0.15) is 17.5 Å². The van der Waals surface area contributed by atoms with Gasteiger partial charge >= 0.3 is 10.8 Å². The molecule has 11 nitrogen and oxygen atoms in total. The summed E-state index contributed by atoms with van der Waals surface area (Å²) in [5, 5.41) is 22.9. The molecule has 2 saturated carbocycles. The summed E-state index contributed by atoms with van der Waals surface area (Å²) in [4.78, 5) is 70.2. The first-order valence-corrected chi connectivity index (χ1v) is 17.0. The number of benzene rings is 2. The number of likely N-dealkylation sites (tertiary alicyclic amines) is 1. The van der Waals surface area contributed by atoms with Crippen LogP contribution in [-0.4, -0.2) is 61.7 Å². The van der Waals surface area contributed by atoms with Crippen LogP contribution in [0, 0.1) is 35.5 Å². The number of phenols is 1. The van der Waals surface area contributed by atoms with Gasteiger partial charge in [-0.2, -0.15) is 0 Å².